The number of nitrogen functional groups attached to an aromatic ring is 1. The Morgan fingerprint density at radius 3 is 2.60 bits per heavy atom. The van der Waals surface area contributed by atoms with Crippen LogP contribution in [0.15, 0.2) is 18.2 Å². The van der Waals surface area contributed by atoms with Gasteiger partial charge in [0.15, 0.2) is 9.84 Å². The minimum atomic E-state index is -3.05. The van der Waals surface area contributed by atoms with E-state index in [1.807, 2.05) is 12.1 Å². The average Bonchev–Trinajstić information content (AvgIpc) is 2.34. The second kappa shape index (κ2) is 5.37. The molecule has 1 aromatic carbocycles. The fourth-order valence-corrected chi connectivity index (χ4v) is 3.49. The number of benzene rings is 1. The predicted octanol–water partition coefficient (Wildman–Crippen LogP) is 1.84. The lowest BCUT2D eigenvalue weighted by atomic mass is 9.99. The van der Waals surface area contributed by atoms with E-state index in [4.69, 9.17) is 5.73 Å². The van der Waals surface area contributed by atoms with E-state index in [9.17, 15) is 8.42 Å². The van der Waals surface area contributed by atoms with Gasteiger partial charge in [-0.1, -0.05) is 6.07 Å². The molecule has 20 heavy (non-hydrogen) atoms. The van der Waals surface area contributed by atoms with Crippen LogP contribution in [0, 0.1) is 0 Å². The number of hydrogen-bond donors (Lipinski definition) is 1. The molecule has 0 aliphatic carbocycles. The second-order valence-corrected chi connectivity index (χ2v) is 9.35. The van der Waals surface area contributed by atoms with Crippen LogP contribution in [-0.4, -0.2) is 36.9 Å². The molecule has 0 spiro atoms. The molecule has 0 fully saturated rings. The Labute approximate surface area is 121 Å². The number of rotatable bonds is 3. The molecule has 0 bridgehead atoms. The topological polar surface area (TPSA) is 63.4 Å². The van der Waals surface area contributed by atoms with Crippen LogP contribution in [0.25, 0.3) is 0 Å². The maximum absolute atomic E-state index is 12.1. The Kier molecular flexibility index (Phi) is 4.12. The van der Waals surface area contributed by atoms with Crippen molar-refractivity contribution in [3.05, 3.63) is 29.3 Å². The van der Waals surface area contributed by atoms with Crippen LogP contribution in [0.2, 0.25) is 0 Å². The molecule has 0 saturated carbocycles. The largest absolute Gasteiger partial charge is 0.399 e. The lowest BCUT2D eigenvalue weighted by molar-refractivity contribution is 0.268. The van der Waals surface area contributed by atoms with Crippen LogP contribution < -0.4 is 5.73 Å². The predicted molar refractivity (Wildman–Crippen MR) is 83.4 cm³/mol. The minimum Gasteiger partial charge on any atom is -0.399 e. The summed E-state index contributed by atoms with van der Waals surface area (Å²) in [6, 6.07) is 6.01. The normalized spacial score (nSPS) is 16.9. The molecule has 5 heteroatoms. The molecule has 112 valence electrons. The smallest absolute Gasteiger partial charge is 0.156 e. The Morgan fingerprint density at radius 1 is 1.25 bits per heavy atom. The molecule has 2 N–H and O–H groups in total. The third-order valence-electron chi connectivity index (χ3n) is 3.93. The van der Waals surface area contributed by atoms with Crippen molar-refractivity contribution in [2.24, 2.45) is 0 Å². The highest BCUT2D eigenvalue weighted by Gasteiger charge is 2.29. The van der Waals surface area contributed by atoms with E-state index in [0.717, 1.165) is 25.2 Å². The standard InChI is InChI=1S/C15H24N2O2S/c1-15(2,3)20(18,19)9-8-17-7-6-12-4-5-14(16)10-13(12)11-17/h4-5,10H,6-9,11,16H2,1-3H3. The number of sulfone groups is 1. The summed E-state index contributed by atoms with van der Waals surface area (Å²) < 4.78 is 23.6. The fraction of sp³-hybridized carbons (Fsp3) is 0.600. The molecule has 0 radical (unpaired) electrons. The van der Waals surface area contributed by atoms with Crippen LogP contribution >= 0.6 is 0 Å². The number of fused-ring (bicyclic) bond motifs is 1. The van der Waals surface area contributed by atoms with Crippen LogP contribution in [0.1, 0.15) is 31.9 Å². The van der Waals surface area contributed by atoms with E-state index in [0.29, 0.717) is 6.54 Å². The molecule has 1 heterocycles. The monoisotopic (exact) mass is 296 g/mol. The van der Waals surface area contributed by atoms with E-state index < -0.39 is 14.6 Å². The highest BCUT2D eigenvalue weighted by Crippen LogP contribution is 2.22. The molecular weight excluding hydrogens is 272 g/mol. The van der Waals surface area contributed by atoms with Gasteiger partial charge in [0.1, 0.15) is 0 Å². The second-order valence-electron chi connectivity index (χ2n) is 6.49. The maximum atomic E-state index is 12.1. The average molecular weight is 296 g/mol. The van der Waals surface area contributed by atoms with Gasteiger partial charge in [-0.05, 0) is 50.5 Å². The van der Waals surface area contributed by atoms with Crippen LogP contribution in [0.3, 0.4) is 0 Å². The summed E-state index contributed by atoms with van der Waals surface area (Å²) in [5, 5.41) is 0. The van der Waals surface area contributed by atoms with Crippen molar-refractivity contribution in [3.63, 3.8) is 0 Å². The highest BCUT2D eigenvalue weighted by atomic mass is 32.2. The molecule has 0 unspecified atom stereocenters. The Bertz CT molecular complexity index is 588. The lowest BCUT2D eigenvalue weighted by Gasteiger charge is -2.30. The third kappa shape index (κ3) is 3.33. The molecule has 4 nitrogen and oxygen atoms in total. The van der Waals surface area contributed by atoms with Gasteiger partial charge in [-0.3, -0.25) is 4.90 Å². The van der Waals surface area contributed by atoms with Crippen molar-refractivity contribution < 1.29 is 8.42 Å². The summed E-state index contributed by atoms with van der Waals surface area (Å²) in [5.74, 6) is 0.216. The van der Waals surface area contributed by atoms with Gasteiger partial charge in [0.25, 0.3) is 0 Å². The van der Waals surface area contributed by atoms with Gasteiger partial charge in [-0.2, -0.15) is 0 Å². The van der Waals surface area contributed by atoms with E-state index >= 15 is 0 Å². The number of nitrogens with zero attached hydrogens (tertiary/aromatic N) is 1. The molecule has 1 aliphatic heterocycles. The summed E-state index contributed by atoms with van der Waals surface area (Å²) in [7, 11) is -3.05. The summed E-state index contributed by atoms with van der Waals surface area (Å²) in [5.41, 5.74) is 9.14. The molecular formula is C15H24N2O2S. The zero-order valence-corrected chi connectivity index (χ0v) is 13.3. The van der Waals surface area contributed by atoms with E-state index in [2.05, 4.69) is 11.0 Å². The van der Waals surface area contributed by atoms with Crippen LogP contribution in [0.4, 0.5) is 5.69 Å². The first-order valence-electron chi connectivity index (χ1n) is 7.01. The van der Waals surface area contributed by atoms with Crippen molar-refractivity contribution in [1.29, 1.82) is 0 Å². The van der Waals surface area contributed by atoms with Gasteiger partial charge >= 0.3 is 0 Å². The van der Waals surface area contributed by atoms with Crippen LogP contribution in [-0.2, 0) is 22.8 Å². The highest BCUT2D eigenvalue weighted by molar-refractivity contribution is 7.92. The van der Waals surface area contributed by atoms with E-state index in [1.165, 1.54) is 11.1 Å². The van der Waals surface area contributed by atoms with Gasteiger partial charge < -0.3 is 5.73 Å². The zero-order valence-electron chi connectivity index (χ0n) is 12.5. The molecule has 0 saturated heterocycles. The Morgan fingerprint density at radius 2 is 1.95 bits per heavy atom. The quantitative estimate of drug-likeness (QED) is 0.865. The molecule has 1 aliphatic rings. The summed E-state index contributed by atoms with van der Waals surface area (Å²) in [6.07, 6.45) is 0.963. The van der Waals surface area contributed by atoms with Crippen molar-refractivity contribution in [1.82, 2.24) is 4.90 Å². The number of anilines is 1. The minimum absolute atomic E-state index is 0.216. The van der Waals surface area contributed by atoms with E-state index in [-0.39, 0.29) is 5.75 Å². The summed E-state index contributed by atoms with van der Waals surface area (Å²) >= 11 is 0. The lowest BCUT2D eigenvalue weighted by Crippen LogP contribution is -2.38. The first-order valence-corrected chi connectivity index (χ1v) is 8.66. The van der Waals surface area contributed by atoms with Crippen molar-refractivity contribution in [3.8, 4) is 0 Å². The van der Waals surface area contributed by atoms with Gasteiger partial charge in [0.05, 0.1) is 10.5 Å². The van der Waals surface area contributed by atoms with Gasteiger partial charge in [-0.15, -0.1) is 0 Å². The Hall–Kier alpha value is -1.07. The SMILES string of the molecule is CC(C)(C)S(=O)(=O)CCN1CCc2ccc(N)cc2C1. The first kappa shape index (κ1) is 15.3. The van der Waals surface area contributed by atoms with Gasteiger partial charge in [-0.25, -0.2) is 8.42 Å². The van der Waals surface area contributed by atoms with Crippen molar-refractivity contribution >= 4 is 15.5 Å². The third-order valence-corrected chi connectivity index (χ3v) is 6.52. The van der Waals surface area contributed by atoms with E-state index in [1.54, 1.807) is 20.8 Å². The van der Waals surface area contributed by atoms with Gasteiger partial charge in [0, 0.05) is 25.3 Å². The molecule has 0 atom stereocenters. The van der Waals surface area contributed by atoms with Crippen LogP contribution in [0.5, 0.6) is 0 Å². The molecule has 1 aromatic rings. The molecule has 0 aromatic heterocycles. The van der Waals surface area contributed by atoms with Crippen molar-refractivity contribution in [2.75, 3.05) is 24.6 Å². The Balaban J connectivity index is 2.01. The first-order chi connectivity index (χ1) is 9.19. The number of nitrogens with two attached hydrogens (primary N) is 1. The maximum Gasteiger partial charge on any atom is 0.156 e. The summed E-state index contributed by atoms with van der Waals surface area (Å²) in [6.45, 7) is 7.57. The summed E-state index contributed by atoms with van der Waals surface area (Å²) in [4.78, 5) is 2.20. The van der Waals surface area contributed by atoms with Crippen molar-refractivity contribution in [2.45, 2.75) is 38.5 Å². The van der Waals surface area contributed by atoms with Gasteiger partial charge in [0.2, 0.25) is 0 Å². The zero-order chi connectivity index (χ0) is 15.0. The molecule has 2 rings (SSSR count). The number of hydrogen-bond acceptors (Lipinski definition) is 4. The fourth-order valence-electron chi connectivity index (χ4n) is 2.38. The molecule has 0 amide bonds.